The molecule has 0 bridgehead atoms. The van der Waals surface area contributed by atoms with Crippen molar-refractivity contribution in [3.63, 3.8) is 0 Å². The predicted molar refractivity (Wildman–Crippen MR) is 155 cm³/mol. The second-order valence-corrected chi connectivity index (χ2v) is 10.7. The van der Waals surface area contributed by atoms with Gasteiger partial charge in [0.05, 0.1) is 22.2 Å². The maximum absolute atomic E-state index is 2.57. The molecule has 2 aromatic heterocycles. The number of rotatable bonds is 4. The van der Waals surface area contributed by atoms with Crippen LogP contribution in [0, 0.1) is 13.8 Å². The zero-order chi connectivity index (χ0) is 25.1. The molecular formula is C34H34N2. The summed E-state index contributed by atoms with van der Waals surface area (Å²) < 4.78 is 5.11. The van der Waals surface area contributed by atoms with Gasteiger partial charge in [0.2, 0.25) is 0 Å². The van der Waals surface area contributed by atoms with Crippen LogP contribution < -0.4 is 0 Å². The van der Waals surface area contributed by atoms with Crippen molar-refractivity contribution in [3.8, 4) is 11.5 Å². The molecule has 0 N–H and O–H groups in total. The van der Waals surface area contributed by atoms with Crippen LogP contribution in [0.2, 0.25) is 0 Å². The van der Waals surface area contributed by atoms with Gasteiger partial charge < -0.3 is 0 Å². The Morgan fingerprint density at radius 2 is 1.08 bits per heavy atom. The van der Waals surface area contributed by atoms with E-state index in [1.165, 1.54) is 66.5 Å². The van der Waals surface area contributed by atoms with Crippen molar-refractivity contribution in [2.45, 2.75) is 53.4 Å². The Hall–Kier alpha value is -3.78. The molecule has 36 heavy (non-hydrogen) atoms. The van der Waals surface area contributed by atoms with E-state index in [4.69, 9.17) is 0 Å². The van der Waals surface area contributed by atoms with Gasteiger partial charge in [0.25, 0.3) is 0 Å². The zero-order valence-electron chi connectivity index (χ0n) is 22.1. The molecule has 4 aromatic carbocycles. The topological polar surface area (TPSA) is 9.86 Å². The number of fused-ring (bicyclic) bond motifs is 4. The quantitative estimate of drug-likeness (QED) is 0.243. The van der Waals surface area contributed by atoms with Gasteiger partial charge in [-0.3, -0.25) is 9.13 Å². The number of benzene rings is 4. The van der Waals surface area contributed by atoms with E-state index in [1.807, 2.05) is 0 Å². The van der Waals surface area contributed by atoms with Gasteiger partial charge in [-0.15, -0.1) is 0 Å². The van der Waals surface area contributed by atoms with Gasteiger partial charge in [-0.2, -0.15) is 0 Å². The first kappa shape index (κ1) is 22.7. The summed E-state index contributed by atoms with van der Waals surface area (Å²) in [6.45, 7) is 13.8. The van der Waals surface area contributed by atoms with E-state index < -0.39 is 0 Å². The first-order valence-electron chi connectivity index (χ1n) is 13.1. The Bertz CT molecular complexity index is 1740. The lowest BCUT2D eigenvalue weighted by Gasteiger charge is -2.21. The second kappa shape index (κ2) is 8.41. The highest BCUT2D eigenvalue weighted by atomic mass is 15.2. The normalized spacial score (nSPS) is 12.1. The lowest BCUT2D eigenvalue weighted by atomic mass is 9.99. The average molecular weight is 471 g/mol. The summed E-state index contributed by atoms with van der Waals surface area (Å²) in [5, 5.41) is 3.96. The Morgan fingerprint density at radius 3 is 1.72 bits per heavy atom. The number of aryl methyl sites for hydroxylation is 2. The molecule has 2 nitrogen and oxygen atoms in total. The van der Waals surface area contributed by atoms with Crippen molar-refractivity contribution in [1.82, 2.24) is 9.13 Å². The summed E-state index contributed by atoms with van der Waals surface area (Å²) in [5.41, 5.74) is 10.5. The third-order valence-corrected chi connectivity index (χ3v) is 7.69. The van der Waals surface area contributed by atoms with Crippen molar-refractivity contribution < 1.29 is 0 Å². The minimum Gasteiger partial charge on any atom is -0.295 e. The molecule has 2 heteroatoms. The second-order valence-electron chi connectivity index (χ2n) is 10.7. The average Bonchev–Trinajstić information content (AvgIpc) is 3.37. The molecule has 0 spiro atoms. The maximum atomic E-state index is 2.57. The SMILES string of the molecule is Cc1cccc(C)c1-n1c(-n2c3ccccc3c3cccc(C(C)C)c32)c(C(C)C)c2ccccc21. The molecule has 0 unspecified atom stereocenters. The fourth-order valence-electron chi connectivity index (χ4n) is 6.16. The van der Waals surface area contributed by atoms with Crippen LogP contribution in [0.15, 0.2) is 84.9 Å². The summed E-state index contributed by atoms with van der Waals surface area (Å²) >= 11 is 0. The molecule has 6 rings (SSSR count). The number of para-hydroxylation sites is 4. The predicted octanol–water partition coefficient (Wildman–Crippen LogP) is 9.59. The molecule has 0 amide bonds. The van der Waals surface area contributed by atoms with Crippen LogP contribution in [-0.2, 0) is 0 Å². The van der Waals surface area contributed by atoms with Crippen molar-refractivity contribution in [3.05, 3.63) is 107 Å². The summed E-state index contributed by atoms with van der Waals surface area (Å²) in [5.74, 6) is 2.04. The third kappa shape index (κ3) is 3.17. The van der Waals surface area contributed by atoms with Crippen LogP contribution in [0.5, 0.6) is 0 Å². The molecule has 180 valence electrons. The molecule has 0 saturated heterocycles. The van der Waals surface area contributed by atoms with E-state index in [9.17, 15) is 0 Å². The van der Waals surface area contributed by atoms with E-state index >= 15 is 0 Å². The smallest absolute Gasteiger partial charge is 0.127 e. The lowest BCUT2D eigenvalue weighted by Crippen LogP contribution is -2.10. The van der Waals surface area contributed by atoms with Gasteiger partial charge in [0.15, 0.2) is 0 Å². The Morgan fingerprint density at radius 1 is 0.528 bits per heavy atom. The van der Waals surface area contributed by atoms with E-state index in [0.29, 0.717) is 11.8 Å². The third-order valence-electron chi connectivity index (χ3n) is 7.69. The molecule has 0 aliphatic rings. The lowest BCUT2D eigenvalue weighted by molar-refractivity contribution is 0.837. The minimum atomic E-state index is 0.359. The highest BCUT2D eigenvalue weighted by Crippen LogP contribution is 2.43. The summed E-state index contributed by atoms with van der Waals surface area (Å²) in [7, 11) is 0. The molecule has 0 saturated carbocycles. The van der Waals surface area contributed by atoms with E-state index in [1.54, 1.807) is 0 Å². The van der Waals surface area contributed by atoms with Crippen molar-refractivity contribution in [2.24, 2.45) is 0 Å². The minimum absolute atomic E-state index is 0.359. The van der Waals surface area contributed by atoms with Crippen LogP contribution in [0.1, 0.15) is 61.8 Å². The van der Waals surface area contributed by atoms with Crippen LogP contribution in [0.4, 0.5) is 0 Å². The fourth-order valence-corrected chi connectivity index (χ4v) is 6.16. The summed E-state index contributed by atoms with van der Waals surface area (Å²) in [6, 6.07) is 31.3. The highest BCUT2D eigenvalue weighted by molar-refractivity contribution is 6.11. The van der Waals surface area contributed by atoms with Gasteiger partial charge in [-0.25, -0.2) is 0 Å². The molecule has 0 fully saturated rings. The van der Waals surface area contributed by atoms with Crippen LogP contribution in [-0.4, -0.2) is 9.13 Å². The van der Waals surface area contributed by atoms with Crippen LogP contribution in [0.25, 0.3) is 44.2 Å². The standard InChI is InChI=1S/C34H34N2/c1-21(2)25-17-12-18-27-26-15-7-9-19-29(26)36(33(25)27)34-31(22(3)4)28-16-8-10-20-30(28)35(34)32-23(5)13-11-14-24(32)6/h7-22H,1-6H3. The fraction of sp³-hybridized carbons (Fsp3) is 0.235. The van der Waals surface area contributed by atoms with Gasteiger partial charge in [0.1, 0.15) is 5.82 Å². The van der Waals surface area contributed by atoms with E-state index in [0.717, 1.165) is 0 Å². The highest BCUT2D eigenvalue weighted by Gasteiger charge is 2.27. The van der Waals surface area contributed by atoms with Crippen molar-refractivity contribution in [2.75, 3.05) is 0 Å². The number of hydrogen-bond donors (Lipinski definition) is 0. The summed E-state index contributed by atoms with van der Waals surface area (Å²) in [4.78, 5) is 0. The summed E-state index contributed by atoms with van der Waals surface area (Å²) in [6.07, 6.45) is 0. The van der Waals surface area contributed by atoms with Gasteiger partial charge in [-0.1, -0.05) is 100 Å². The molecule has 6 aromatic rings. The molecule has 0 atom stereocenters. The van der Waals surface area contributed by atoms with Crippen molar-refractivity contribution in [1.29, 1.82) is 0 Å². The zero-order valence-corrected chi connectivity index (χ0v) is 22.1. The molecule has 2 heterocycles. The monoisotopic (exact) mass is 470 g/mol. The number of nitrogens with zero attached hydrogens (tertiary/aromatic N) is 2. The first-order chi connectivity index (χ1) is 17.4. The Balaban J connectivity index is 1.94. The van der Waals surface area contributed by atoms with Crippen LogP contribution in [0.3, 0.4) is 0 Å². The largest absolute Gasteiger partial charge is 0.295 e. The Kier molecular flexibility index (Phi) is 5.30. The molecule has 0 radical (unpaired) electrons. The Labute approximate surface area is 213 Å². The first-order valence-corrected chi connectivity index (χ1v) is 13.1. The number of aromatic nitrogens is 2. The van der Waals surface area contributed by atoms with Gasteiger partial charge in [0, 0.05) is 21.7 Å². The van der Waals surface area contributed by atoms with Crippen LogP contribution >= 0.6 is 0 Å². The molecule has 0 aliphatic carbocycles. The van der Waals surface area contributed by atoms with Gasteiger partial charge >= 0.3 is 0 Å². The van der Waals surface area contributed by atoms with Gasteiger partial charge in [-0.05, 0) is 54.5 Å². The maximum Gasteiger partial charge on any atom is 0.127 e. The van der Waals surface area contributed by atoms with E-state index in [2.05, 4.69) is 136 Å². The molecule has 0 aliphatic heterocycles. The van der Waals surface area contributed by atoms with E-state index in [-0.39, 0.29) is 0 Å². The molecular weight excluding hydrogens is 436 g/mol. The number of hydrogen-bond acceptors (Lipinski definition) is 0. The van der Waals surface area contributed by atoms with Crippen molar-refractivity contribution >= 4 is 32.7 Å².